The van der Waals surface area contributed by atoms with E-state index in [4.69, 9.17) is 0 Å². The standard InChI is InChI=1S/C15H23BrN2/c1-11-5-6-12(9-13(11)16)18-8-7-15(2,3)14(10-18)17-4/h5-6,9,14,17H,7-8,10H2,1-4H3. The third-order valence-electron chi connectivity index (χ3n) is 4.24. The summed E-state index contributed by atoms with van der Waals surface area (Å²) in [5, 5.41) is 3.47. The van der Waals surface area contributed by atoms with Gasteiger partial charge in [-0.15, -0.1) is 0 Å². The van der Waals surface area contributed by atoms with Crippen molar-refractivity contribution in [2.45, 2.75) is 33.2 Å². The predicted octanol–water partition coefficient (Wildman–Crippen LogP) is 3.58. The van der Waals surface area contributed by atoms with Crippen LogP contribution in [0.3, 0.4) is 0 Å². The Morgan fingerprint density at radius 2 is 2.11 bits per heavy atom. The second kappa shape index (κ2) is 5.22. The lowest BCUT2D eigenvalue weighted by atomic mass is 9.78. The van der Waals surface area contributed by atoms with Crippen LogP contribution in [0.25, 0.3) is 0 Å². The van der Waals surface area contributed by atoms with Gasteiger partial charge in [0.25, 0.3) is 0 Å². The lowest BCUT2D eigenvalue weighted by Gasteiger charge is -2.45. The maximum Gasteiger partial charge on any atom is 0.0378 e. The Morgan fingerprint density at radius 1 is 1.39 bits per heavy atom. The normalized spacial score (nSPS) is 23.2. The van der Waals surface area contributed by atoms with Crippen LogP contribution in [0.1, 0.15) is 25.8 Å². The Labute approximate surface area is 119 Å². The molecule has 1 heterocycles. The van der Waals surface area contributed by atoms with E-state index in [9.17, 15) is 0 Å². The number of benzene rings is 1. The average molecular weight is 311 g/mol. The molecule has 1 aromatic rings. The molecule has 1 unspecified atom stereocenters. The molecule has 1 atom stereocenters. The number of anilines is 1. The van der Waals surface area contributed by atoms with E-state index in [1.165, 1.54) is 22.1 Å². The molecule has 1 N–H and O–H groups in total. The van der Waals surface area contributed by atoms with Crippen LogP contribution in [-0.2, 0) is 0 Å². The van der Waals surface area contributed by atoms with Gasteiger partial charge in [0.2, 0.25) is 0 Å². The van der Waals surface area contributed by atoms with E-state index in [-0.39, 0.29) is 0 Å². The molecule has 2 nitrogen and oxygen atoms in total. The van der Waals surface area contributed by atoms with E-state index in [1.807, 2.05) is 0 Å². The summed E-state index contributed by atoms with van der Waals surface area (Å²) < 4.78 is 1.20. The largest absolute Gasteiger partial charge is 0.370 e. The number of rotatable bonds is 2. The quantitative estimate of drug-likeness (QED) is 0.898. The molecular weight excluding hydrogens is 288 g/mol. The van der Waals surface area contributed by atoms with E-state index in [0.717, 1.165) is 13.1 Å². The predicted molar refractivity (Wildman–Crippen MR) is 82.3 cm³/mol. The van der Waals surface area contributed by atoms with Crippen LogP contribution in [0.4, 0.5) is 5.69 Å². The molecule has 0 bridgehead atoms. The van der Waals surface area contributed by atoms with E-state index >= 15 is 0 Å². The van der Waals surface area contributed by atoms with Crippen molar-refractivity contribution >= 4 is 21.6 Å². The van der Waals surface area contributed by atoms with Crippen molar-refractivity contribution in [1.29, 1.82) is 0 Å². The number of likely N-dealkylation sites (N-methyl/N-ethyl adjacent to an activating group) is 1. The van der Waals surface area contributed by atoms with Crippen LogP contribution >= 0.6 is 15.9 Å². The zero-order valence-corrected chi connectivity index (χ0v) is 13.3. The van der Waals surface area contributed by atoms with Crippen LogP contribution in [0.5, 0.6) is 0 Å². The third-order valence-corrected chi connectivity index (χ3v) is 5.10. The lowest BCUT2D eigenvalue weighted by Crippen LogP contribution is -2.54. The second-order valence-corrected chi connectivity index (χ2v) is 6.81. The van der Waals surface area contributed by atoms with Gasteiger partial charge in [-0.3, -0.25) is 0 Å². The fourth-order valence-electron chi connectivity index (χ4n) is 2.65. The van der Waals surface area contributed by atoms with Crippen molar-refractivity contribution in [1.82, 2.24) is 5.32 Å². The molecule has 1 aromatic carbocycles. The van der Waals surface area contributed by atoms with E-state index < -0.39 is 0 Å². The molecule has 1 aliphatic heterocycles. The van der Waals surface area contributed by atoms with E-state index in [2.05, 4.69) is 72.2 Å². The molecule has 18 heavy (non-hydrogen) atoms. The molecule has 3 heteroatoms. The molecule has 1 fully saturated rings. The first-order valence-electron chi connectivity index (χ1n) is 6.62. The van der Waals surface area contributed by atoms with Crippen LogP contribution in [-0.4, -0.2) is 26.2 Å². The minimum absolute atomic E-state index is 0.382. The maximum atomic E-state index is 3.62. The minimum Gasteiger partial charge on any atom is -0.370 e. The van der Waals surface area contributed by atoms with Gasteiger partial charge in [-0.05, 0) is 43.5 Å². The SMILES string of the molecule is CNC1CN(c2ccc(C)c(Br)c2)CCC1(C)C. The molecule has 0 saturated carbocycles. The highest BCUT2D eigenvalue weighted by Crippen LogP contribution is 2.33. The molecule has 1 saturated heterocycles. The number of hydrogen-bond acceptors (Lipinski definition) is 2. The first-order valence-corrected chi connectivity index (χ1v) is 7.42. The van der Waals surface area contributed by atoms with Gasteiger partial charge < -0.3 is 10.2 Å². The number of nitrogens with zero attached hydrogens (tertiary/aromatic N) is 1. The first-order chi connectivity index (χ1) is 8.44. The van der Waals surface area contributed by atoms with Crippen molar-refractivity contribution < 1.29 is 0 Å². The van der Waals surface area contributed by atoms with Crippen molar-refractivity contribution in [3.05, 3.63) is 28.2 Å². The molecular formula is C15H23BrN2. The Morgan fingerprint density at radius 3 is 2.72 bits per heavy atom. The van der Waals surface area contributed by atoms with Gasteiger partial charge in [0.1, 0.15) is 0 Å². The molecule has 0 aliphatic carbocycles. The highest BCUT2D eigenvalue weighted by Gasteiger charge is 2.34. The van der Waals surface area contributed by atoms with E-state index in [1.54, 1.807) is 0 Å². The molecule has 0 aromatic heterocycles. The number of hydrogen-bond donors (Lipinski definition) is 1. The zero-order chi connectivity index (χ0) is 13.3. The average Bonchev–Trinajstić information content (AvgIpc) is 2.32. The summed E-state index contributed by atoms with van der Waals surface area (Å²) >= 11 is 3.62. The van der Waals surface area contributed by atoms with Gasteiger partial charge in [0, 0.05) is 29.3 Å². The van der Waals surface area contributed by atoms with Crippen LogP contribution in [0.15, 0.2) is 22.7 Å². The minimum atomic E-state index is 0.382. The molecule has 0 radical (unpaired) electrons. The number of nitrogens with one attached hydrogen (secondary N) is 1. The van der Waals surface area contributed by atoms with Gasteiger partial charge in [0.15, 0.2) is 0 Å². The van der Waals surface area contributed by atoms with Crippen LogP contribution in [0, 0.1) is 12.3 Å². The Kier molecular flexibility index (Phi) is 4.02. The Hall–Kier alpha value is -0.540. The molecule has 0 amide bonds. The van der Waals surface area contributed by atoms with Gasteiger partial charge >= 0.3 is 0 Å². The zero-order valence-electron chi connectivity index (χ0n) is 11.8. The van der Waals surface area contributed by atoms with Crippen molar-refractivity contribution in [3.63, 3.8) is 0 Å². The fourth-order valence-corrected chi connectivity index (χ4v) is 3.02. The van der Waals surface area contributed by atoms with Gasteiger partial charge in [0.05, 0.1) is 0 Å². The molecule has 0 spiro atoms. The highest BCUT2D eigenvalue weighted by molar-refractivity contribution is 9.10. The van der Waals surface area contributed by atoms with Gasteiger partial charge in [-0.1, -0.05) is 35.8 Å². The molecule has 1 aliphatic rings. The van der Waals surface area contributed by atoms with Crippen molar-refractivity contribution in [2.75, 3.05) is 25.0 Å². The summed E-state index contributed by atoms with van der Waals surface area (Å²) in [5.41, 5.74) is 3.00. The number of aryl methyl sites for hydroxylation is 1. The number of piperidine rings is 1. The number of halogens is 1. The summed E-state index contributed by atoms with van der Waals surface area (Å²) in [6.07, 6.45) is 1.23. The van der Waals surface area contributed by atoms with Crippen LogP contribution in [0.2, 0.25) is 0 Å². The summed E-state index contributed by atoms with van der Waals surface area (Å²) in [5.74, 6) is 0. The van der Waals surface area contributed by atoms with Crippen molar-refractivity contribution in [2.24, 2.45) is 5.41 Å². The highest BCUT2D eigenvalue weighted by atomic mass is 79.9. The monoisotopic (exact) mass is 310 g/mol. The lowest BCUT2D eigenvalue weighted by molar-refractivity contribution is 0.208. The summed E-state index contributed by atoms with van der Waals surface area (Å²) in [6, 6.07) is 7.20. The first kappa shape index (κ1) is 13.9. The Balaban J connectivity index is 2.18. The molecule has 100 valence electrons. The smallest absolute Gasteiger partial charge is 0.0378 e. The fraction of sp³-hybridized carbons (Fsp3) is 0.600. The van der Waals surface area contributed by atoms with Crippen LogP contribution < -0.4 is 10.2 Å². The van der Waals surface area contributed by atoms with E-state index in [0.29, 0.717) is 11.5 Å². The summed E-state index contributed by atoms with van der Waals surface area (Å²) in [4.78, 5) is 2.48. The summed E-state index contributed by atoms with van der Waals surface area (Å²) in [7, 11) is 2.07. The van der Waals surface area contributed by atoms with Gasteiger partial charge in [-0.25, -0.2) is 0 Å². The maximum absolute atomic E-state index is 3.62. The van der Waals surface area contributed by atoms with Gasteiger partial charge in [-0.2, -0.15) is 0 Å². The molecule has 2 rings (SSSR count). The second-order valence-electron chi connectivity index (χ2n) is 5.96. The topological polar surface area (TPSA) is 15.3 Å². The summed E-state index contributed by atoms with van der Waals surface area (Å²) in [6.45, 7) is 9.07. The Bertz CT molecular complexity index is 429. The third kappa shape index (κ3) is 2.72. The van der Waals surface area contributed by atoms with Crippen molar-refractivity contribution in [3.8, 4) is 0 Å².